The summed E-state index contributed by atoms with van der Waals surface area (Å²) >= 11 is 0. The van der Waals surface area contributed by atoms with E-state index in [0.29, 0.717) is 24.8 Å². The molecule has 0 aromatic heterocycles. The Labute approximate surface area is 133 Å². The van der Waals surface area contributed by atoms with Gasteiger partial charge >= 0.3 is 0 Å². The van der Waals surface area contributed by atoms with E-state index in [4.69, 9.17) is 4.74 Å². The molecule has 22 heavy (non-hydrogen) atoms. The average Bonchev–Trinajstić information content (AvgIpc) is 2.52. The third-order valence-electron chi connectivity index (χ3n) is 3.14. The summed E-state index contributed by atoms with van der Waals surface area (Å²) < 4.78 is 17.8. The van der Waals surface area contributed by atoms with Crippen molar-refractivity contribution in [3.05, 3.63) is 29.8 Å². The first-order valence-electron chi connectivity index (χ1n) is 7.82. The summed E-state index contributed by atoms with van der Waals surface area (Å²) in [6.45, 7) is 7.29. The third kappa shape index (κ3) is 6.78. The highest BCUT2D eigenvalue weighted by Crippen LogP contribution is 2.18. The Balaban J connectivity index is 2.52. The Hall–Kier alpha value is -1.78. The molecule has 0 aliphatic rings. The fourth-order valence-electron chi connectivity index (χ4n) is 1.87. The second-order valence-corrected chi connectivity index (χ2v) is 5.68. The first-order valence-corrected chi connectivity index (χ1v) is 7.82. The van der Waals surface area contributed by atoms with Crippen LogP contribution in [0.25, 0.3) is 0 Å². The Kier molecular flexibility index (Phi) is 8.33. The first-order chi connectivity index (χ1) is 10.6. The minimum absolute atomic E-state index is 0.107. The number of guanidine groups is 1. The number of halogens is 1. The number of nitrogens with one attached hydrogen (secondary N) is 2. The second-order valence-electron chi connectivity index (χ2n) is 5.68. The maximum absolute atomic E-state index is 12.1. The molecule has 1 aromatic carbocycles. The first kappa shape index (κ1) is 18.3. The van der Waals surface area contributed by atoms with Gasteiger partial charge in [0.1, 0.15) is 5.75 Å². The standard InChI is InChI=1S/C17H28FN3O/c1-13(2)12-22-16-8-6-15(7-9-16)14(3)21-17(19-4)20-11-5-10-18/h6-9,13-14H,5,10-12H2,1-4H3,(H2,19,20,21). The van der Waals surface area contributed by atoms with Gasteiger partial charge < -0.3 is 15.4 Å². The molecule has 0 aliphatic heterocycles. The van der Waals surface area contributed by atoms with Crippen molar-refractivity contribution in [2.45, 2.75) is 33.2 Å². The highest BCUT2D eigenvalue weighted by Gasteiger charge is 2.08. The van der Waals surface area contributed by atoms with Crippen LogP contribution in [0, 0.1) is 5.92 Å². The van der Waals surface area contributed by atoms with Gasteiger partial charge in [-0.15, -0.1) is 0 Å². The molecule has 0 saturated heterocycles. The van der Waals surface area contributed by atoms with E-state index in [-0.39, 0.29) is 12.7 Å². The molecule has 0 bridgehead atoms. The van der Waals surface area contributed by atoms with Crippen LogP contribution in [-0.4, -0.2) is 32.8 Å². The molecule has 1 aromatic rings. The molecule has 1 atom stereocenters. The van der Waals surface area contributed by atoms with Gasteiger partial charge in [0.05, 0.1) is 19.3 Å². The predicted octanol–water partition coefficient (Wildman–Crippen LogP) is 3.31. The van der Waals surface area contributed by atoms with Crippen molar-refractivity contribution in [3.8, 4) is 5.75 Å². The van der Waals surface area contributed by atoms with Crippen LogP contribution < -0.4 is 15.4 Å². The van der Waals surface area contributed by atoms with Crippen LogP contribution in [0.4, 0.5) is 4.39 Å². The summed E-state index contributed by atoms with van der Waals surface area (Å²) in [7, 11) is 1.71. The number of benzene rings is 1. The van der Waals surface area contributed by atoms with Gasteiger partial charge in [0, 0.05) is 13.6 Å². The van der Waals surface area contributed by atoms with Crippen molar-refractivity contribution in [2.75, 3.05) is 26.9 Å². The van der Waals surface area contributed by atoms with Gasteiger partial charge in [-0.2, -0.15) is 0 Å². The predicted molar refractivity (Wildman–Crippen MR) is 90.3 cm³/mol. The van der Waals surface area contributed by atoms with E-state index >= 15 is 0 Å². The largest absolute Gasteiger partial charge is 0.493 e. The highest BCUT2D eigenvalue weighted by atomic mass is 19.1. The van der Waals surface area contributed by atoms with Gasteiger partial charge in [0.15, 0.2) is 5.96 Å². The van der Waals surface area contributed by atoms with E-state index in [9.17, 15) is 4.39 Å². The number of hydrogen-bond acceptors (Lipinski definition) is 2. The van der Waals surface area contributed by atoms with Crippen molar-refractivity contribution in [3.63, 3.8) is 0 Å². The lowest BCUT2D eigenvalue weighted by molar-refractivity contribution is 0.271. The minimum atomic E-state index is -0.322. The number of nitrogens with zero attached hydrogens (tertiary/aromatic N) is 1. The molecule has 4 nitrogen and oxygen atoms in total. The van der Waals surface area contributed by atoms with E-state index in [1.165, 1.54) is 0 Å². The maximum Gasteiger partial charge on any atom is 0.191 e. The van der Waals surface area contributed by atoms with Crippen LogP contribution in [0.15, 0.2) is 29.3 Å². The topological polar surface area (TPSA) is 45.7 Å². The molecular formula is C17H28FN3O. The molecule has 124 valence electrons. The molecule has 0 spiro atoms. The van der Waals surface area contributed by atoms with E-state index in [1.54, 1.807) is 7.05 Å². The summed E-state index contributed by atoms with van der Waals surface area (Å²) in [5, 5.41) is 6.38. The lowest BCUT2D eigenvalue weighted by Crippen LogP contribution is -2.39. The zero-order chi connectivity index (χ0) is 16.4. The van der Waals surface area contributed by atoms with Crippen LogP contribution >= 0.6 is 0 Å². The number of alkyl halides is 1. The number of rotatable bonds is 8. The zero-order valence-corrected chi connectivity index (χ0v) is 14.0. The lowest BCUT2D eigenvalue weighted by Gasteiger charge is -2.18. The molecule has 1 rings (SSSR count). The quantitative estimate of drug-likeness (QED) is 0.440. The summed E-state index contributed by atoms with van der Waals surface area (Å²) in [6.07, 6.45) is 0.483. The Morgan fingerprint density at radius 3 is 2.45 bits per heavy atom. The molecule has 0 saturated carbocycles. The number of hydrogen-bond donors (Lipinski definition) is 2. The molecule has 2 N–H and O–H groups in total. The van der Waals surface area contributed by atoms with Crippen molar-refractivity contribution >= 4 is 5.96 Å². The van der Waals surface area contributed by atoms with Gasteiger partial charge in [-0.25, -0.2) is 0 Å². The van der Waals surface area contributed by atoms with Gasteiger partial charge in [-0.05, 0) is 37.0 Å². The monoisotopic (exact) mass is 309 g/mol. The van der Waals surface area contributed by atoms with Crippen LogP contribution in [0.5, 0.6) is 5.75 Å². The van der Waals surface area contributed by atoms with Gasteiger partial charge in [-0.1, -0.05) is 26.0 Å². The Morgan fingerprint density at radius 1 is 1.23 bits per heavy atom. The molecule has 1 unspecified atom stereocenters. The number of aliphatic imine (C=N–C) groups is 1. The number of ether oxygens (including phenoxy) is 1. The fraction of sp³-hybridized carbons (Fsp3) is 0.588. The van der Waals surface area contributed by atoms with Crippen LogP contribution in [-0.2, 0) is 0 Å². The Morgan fingerprint density at radius 2 is 1.91 bits per heavy atom. The van der Waals surface area contributed by atoms with Crippen molar-refractivity contribution in [1.29, 1.82) is 0 Å². The van der Waals surface area contributed by atoms with E-state index in [1.807, 2.05) is 24.3 Å². The Bertz CT molecular complexity index is 446. The molecule has 0 fully saturated rings. The van der Waals surface area contributed by atoms with Crippen LogP contribution in [0.2, 0.25) is 0 Å². The second kappa shape index (κ2) is 10.0. The summed E-state index contributed by atoms with van der Waals surface area (Å²) in [5.41, 5.74) is 1.14. The maximum atomic E-state index is 12.1. The highest BCUT2D eigenvalue weighted by molar-refractivity contribution is 5.80. The van der Waals surface area contributed by atoms with Crippen LogP contribution in [0.1, 0.15) is 38.8 Å². The summed E-state index contributed by atoms with van der Waals surface area (Å²) in [6, 6.07) is 8.16. The van der Waals surface area contributed by atoms with E-state index < -0.39 is 0 Å². The molecule has 0 radical (unpaired) electrons. The van der Waals surface area contributed by atoms with Gasteiger partial charge in [0.2, 0.25) is 0 Å². The summed E-state index contributed by atoms with van der Waals surface area (Å²) in [4.78, 5) is 4.14. The van der Waals surface area contributed by atoms with Crippen molar-refractivity contribution < 1.29 is 9.13 Å². The van der Waals surface area contributed by atoms with Gasteiger partial charge in [-0.3, -0.25) is 9.38 Å². The average molecular weight is 309 g/mol. The van der Waals surface area contributed by atoms with Crippen molar-refractivity contribution in [1.82, 2.24) is 10.6 Å². The summed E-state index contributed by atoms with van der Waals surface area (Å²) in [5.74, 6) is 2.08. The lowest BCUT2D eigenvalue weighted by atomic mass is 10.1. The molecule has 0 heterocycles. The minimum Gasteiger partial charge on any atom is -0.493 e. The molecular weight excluding hydrogens is 281 g/mol. The zero-order valence-electron chi connectivity index (χ0n) is 14.0. The van der Waals surface area contributed by atoms with Gasteiger partial charge in [0.25, 0.3) is 0 Å². The fourth-order valence-corrected chi connectivity index (χ4v) is 1.87. The normalized spacial score (nSPS) is 13.1. The van der Waals surface area contributed by atoms with E-state index in [0.717, 1.165) is 17.9 Å². The molecule has 5 heteroatoms. The molecule has 0 aliphatic carbocycles. The molecule has 0 amide bonds. The SMILES string of the molecule is CN=C(NCCCF)NC(C)c1ccc(OCC(C)C)cc1. The third-order valence-corrected chi connectivity index (χ3v) is 3.14. The smallest absolute Gasteiger partial charge is 0.191 e. The van der Waals surface area contributed by atoms with Crippen LogP contribution in [0.3, 0.4) is 0 Å². The van der Waals surface area contributed by atoms with E-state index in [2.05, 4.69) is 36.4 Å². The van der Waals surface area contributed by atoms with Crippen molar-refractivity contribution in [2.24, 2.45) is 10.9 Å².